The zero-order valence-corrected chi connectivity index (χ0v) is 15.5. The average Bonchev–Trinajstić information content (AvgIpc) is 2.68. The van der Waals surface area contributed by atoms with Crippen LogP contribution in [0.15, 0.2) is 71.2 Å². The van der Waals surface area contributed by atoms with Crippen molar-refractivity contribution in [2.24, 2.45) is 0 Å². The first-order valence-corrected chi connectivity index (χ1v) is 9.25. The van der Waals surface area contributed by atoms with E-state index in [9.17, 15) is 9.59 Å². The summed E-state index contributed by atoms with van der Waals surface area (Å²) in [6.45, 7) is 0.682. The average molecular weight is 406 g/mol. The van der Waals surface area contributed by atoms with Crippen molar-refractivity contribution in [1.82, 2.24) is 0 Å². The van der Waals surface area contributed by atoms with Gasteiger partial charge in [-0.25, -0.2) is 0 Å². The molecule has 0 aromatic heterocycles. The summed E-state index contributed by atoms with van der Waals surface area (Å²) in [5.74, 6) is -0.229. The summed E-state index contributed by atoms with van der Waals surface area (Å²) in [4.78, 5) is 26.0. The van der Waals surface area contributed by atoms with Crippen LogP contribution in [0.25, 0.3) is 0 Å². The van der Waals surface area contributed by atoms with E-state index in [1.807, 2.05) is 30.3 Å². The number of fused-ring (bicyclic) bond motifs is 2. The summed E-state index contributed by atoms with van der Waals surface area (Å²) in [6.07, 6.45) is 0.838. The number of carbonyl (C=O) groups is 2. The summed E-state index contributed by atoms with van der Waals surface area (Å²) in [5, 5.41) is 3.34. The molecule has 4 rings (SSSR count). The third-order valence-electron chi connectivity index (χ3n) is 4.60. The maximum absolute atomic E-state index is 13.0. The lowest BCUT2D eigenvalue weighted by Gasteiger charge is -2.22. The molecule has 0 saturated heterocycles. The molecular weight excluding hydrogens is 390 g/mol. The van der Waals surface area contributed by atoms with Crippen molar-refractivity contribution < 1.29 is 9.59 Å². The molecule has 1 N–H and O–H groups in total. The van der Waals surface area contributed by atoms with Crippen molar-refractivity contribution in [3.05, 3.63) is 99.0 Å². The molecule has 0 amide bonds. The highest BCUT2D eigenvalue weighted by Gasteiger charge is 2.33. The molecule has 0 bridgehead atoms. The van der Waals surface area contributed by atoms with Gasteiger partial charge in [-0.2, -0.15) is 0 Å². The molecule has 1 aliphatic carbocycles. The molecule has 4 heteroatoms. The summed E-state index contributed by atoms with van der Waals surface area (Å²) in [6, 6.07) is 20.8. The first-order chi connectivity index (χ1) is 12.7. The first kappa shape index (κ1) is 16.7. The lowest BCUT2D eigenvalue weighted by atomic mass is 9.83. The smallest absolute Gasteiger partial charge is 0.196 e. The number of halogens is 1. The second-order valence-electron chi connectivity index (χ2n) is 6.21. The van der Waals surface area contributed by atoms with E-state index in [0.29, 0.717) is 39.0 Å². The molecule has 3 aromatic carbocycles. The van der Waals surface area contributed by atoms with Gasteiger partial charge < -0.3 is 5.32 Å². The molecule has 128 valence electrons. The van der Waals surface area contributed by atoms with Gasteiger partial charge in [-0.15, -0.1) is 0 Å². The summed E-state index contributed by atoms with van der Waals surface area (Å²) in [5.41, 5.74) is 3.75. The minimum Gasteiger partial charge on any atom is -0.384 e. The van der Waals surface area contributed by atoms with Gasteiger partial charge in [0.25, 0.3) is 0 Å². The number of hydrogen-bond acceptors (Lipinski definition) is 3. The zero-order chi connectivity index (χ0) is 18.1. The van der Waals surface area contributed by atoms with Crippen LogP contribution in [-0.4, -0.2) is 18.1 Å². The Balaban J connectivity index is 1.68. The van der Waals surface area contributed by atoms with Gasteiger partial charge >= 0.3 is 0 Å². The third-order valence-corrected chi connectivity index (χ3v) is 5.26. The molecule has 26 heavy (non-hydrogen) atoms. The number of ketones is 2. The van der Waals surface area contributed by atoms with E-state index in [1.54, 1.807) is 24.3 Å². The molecule has 1 aliphatic rings. The third kappa shape index (κ3) is 2.86. The van der Waals surface area contributed by atoms with E-state index in [-0.39, 0.29) is 11.6 Å². The fraction of sp³-hybridized carbons (Fsp3) is 0.0909. The molecule has 0 aliphatic heterocycles. The van der Waals surface area contributed by atoms with E-state index >= 15 is 0 Å². The number of anilines is 1. The summed E-state index contributed by atoms with van der Waals surface area (Å²) < 4.78 is 0.647. The quantitative estimate of drug-likeness (QED) is 0.526. The van der Waals surface area contributed by atoms with Gasteiger partial charge in [0.15, 0.2) is 11.6 Å². The van der Waals surface area contributed by atoms with Crippen LogP contribution >= 0.6 is 15.9 Å². The lowest BCUT2D eigenvalue weighted by Crippen LogP contribution is -2.23. The van der Waals surface area contributed by atoms with Gasteiger partial charge in [0.2, 0.25) is 0 Å². The molecule has 3 aromatic rings. The predicted octanol–water partition coefficient (Wildman–Crippen LogP) is 4.88. The minimum atomic E-state index is -0.117. The second kappa shape index (κ2) is 6.89. The van der Waals surface area contributed by atoms with Crippen LogP contribution in [0.3, 0.4) is 0 Å². The number of rotatable bonds is 4. The summed E-state index contributed by atoms with van der Waals surface area (Å²) >= 11 is 3.44. The highest BCUT2D eigenvalue weighted by molar-refractivity contribution is 9.10. The molecule has 0 spiro atoms. The monoisotopic (exact) mass is 405 g/mol. The molecule has 0 atom stereocenters. The van der Waals surface area contributed by atoms with Crippen LogP contribution in [0.2, 0.25) is 0 Å². The Morgan fingerprint density at radius 1 is 0.731 bits per heavy atom. The largest absolute Gasteiger partial charge is 0.384 e. The minimum absolute atomic E-state index is 0.112. The number of hydrogen-bond donors (Lipinski definition) is 1. The topological polar surface area (TPSA) is 46.2 Å². The van der Waals surface area contributed by atoms with Crippen molar-refractivity contribution in [3.63, 3.8) is 0 Å². The summed E-state index contributed by atoms with van der Waals surface area (Å²) in [7, 11) is 0. The Hall–Kier alpha value is -2.72. The van der Waals surface area contributed by atoms with Crippen LogP contribution in [0.4, 0.5) is 5.69 Å². The Bertz CT molecular complexity index is 1010. The van der Waals surface area contributed by atoms with E-state index in [2.05, 4.69) is 33.4 Å². The van der Waals surface area contributed by atoms with E-state index in [1.165, 1.54) is 5.56 Å². The Kier molecular flexibility index (Phi) is 4.43. The van der Waals surface area contributed by atoms with Gasteiger partial charge in [0.05, 0.1) is 5.56 Å². The van der Waals surface area contributed by atoms with Gasteiger partial charge in [-0.05, 0) is 24.1 Å². The van der Waals surface area contributed by atoms with Crippen LogP contribution in [0.1, 0.15) is 37.4 Å². The van der Waals surface area contributed by atoms with Crippen LogP contribution in [0, 0.1) is 0 Å². The van der Waals surface area contributed by atoms with Gasteiger partial charge in [-0.1, -0.05) is 70.5 Å². The van der Waals surface area contributed by atoms with E-state index in [0.717, 1.165) is 6.42 Å². The van der Waals surface area contributed by atoms with Crippen molar-refractivity contribution in [3.8, 4) is 0 Å². The Morgan fingerprint density at radius 3 is 2.04 bits per heavy atom. The number of carbonyl (C=O) groups excluding carboxylic acids is 2. The first-order valence-electron chi connectivity index (χ1n) is 8.45. The second-order valence-corrected chi connectivity index (χ2v) is 7.07. The fourth-order valence-electron chi connectivity index (χ4n) is 3.32. The molecule has 0 saturated carbocycles. The van der Waals surface area contributed by atoms with Crippen molar-refractivity contribution in [1.29, 1.82) is 0 Å². The SMILES string of the molecule is O=C1c2ccccc2C(=O)c2c(NCCc3ccccc3)ccc(Br)c21. The standard InChI is InChI=1S/C22H16BrNO2/c23-17-10-11-18(24-13-12-14-6-2-1-3-7-14)20-19(17)21(25)15-8-4-5-9-16(15)22(20)26/h1-11,24H,12-13H2. The van der Waals surface area contributed by atoms with Crippen molar-refractivity contribution in [2.45, 2.75) is 6.42 Å². The highest BCUT2D eigenvalue weighted by Crippen LogP contribution is 2.36. The van der Waals surface area contributed by atoms with Gasteiger partial charge in [0.1, 0.15) is 0 Å². The zero-order valence-electron chi connectivity index (χ0n) is 14.0. The highest BCUT2D eigenvalue weighted by atomic mass is 79.9. The van der Waals surface area contributed by atoms with Crippen LogP contribution < -0.4 is 5.32 Å². The fourth-order valence-corrected chi connectivity index (χ4v) is 3.83. The van der Waals surface area contributed by atoms with Crippen molar-refractivity contribution >= 4 is 33.2 Å². The van der Waals surface area contributed by atoms with Crippen LogP contribution in [0.5, 0.6) is 0 Å². The maximum atomic E-state index is 13.0. The van der Waals surface area contributed by atoms with Crippen LogP contribution in [-0.2, 0) is 6.42 Å². The van der Waals surface area contributed by atoms with E-state index < -0.39 is 0 Å². The Morgan fingerprint density at radius 2 is 1.35 bits per heavy atom. The lowest BCUT2D eigenvalue weighted by molar-refractivity contribution is 0.0979. The van der Waals surface area contributed by atoms with Crippen molar-refractivity contribution in [2.75, 3.05) is 11.9 Å². The molecule has 3 nitrogen and oxygen atoms in total. The molecule has 0 radical (unpaired) electrons. The van der Waals surface area contributed by atoms with Gasteiger partial charge in [0, 0.05) is 33.4 Å². The molecule has 0 unspecified atom stereocenters. The normalized spacial score (nSPS) is 12.5. The number of nitrogens with one attached hydrogen (secondary N) is 1. The maximum Gasteiger partial charge on any atom is 0.196 e. The number of benzene rings is 3. The predicted molar refractivity (Wildman–Crippen MR) is 106 cm³/mol. The molecular formula is C22H16BrNO2. The van der Waals surface area contributed by atoms with Gasteiger partial charge in [-0.3, -0.25) is 9.59 Å². The molecule has 0 fully saturated rings. The van der Waals surface area contributed by atoms with E-state index in [4.69, 9.17) is 0 Å². The molecule has 0 heterocycles. The Labute approximate surface area is 160 Å².